The van der Waals surface area contributed by atoms with Crippen molar-refractivity contribution < 1.29 is 5.11 Å². The Hall–Kier alpha value is -0.860. The van der Waals surface area contributed by atoms with Gasteiger partial charge in [-0.2, -0.15) is 0 Å². The van der Waals surface area contributed by atoms with Crippen LogP contribution in [-0.4, -0.2) is 29.1 Å². The van der Waals surface area contributed by atoms with Crippen LogP contribution in [0, 0.1) is 11.3 Å². The molecule has 3 atom stereocenters. The van der Waals surface area contributed by atoms with Gasteiger partial charge in [-0.05, 0) is 30.4 Å². The van der Waals surface area contributed by atoms with Gasteiger partial charge in [0.05, 0.1) is 6.10 Å². The van der Waals surface area contributed by atoms with Crippen molar-refractivity contribution in [3.63, 3.8) is 0 Å². The van der Waals surface area contributed by atoms with Gasteiger partial charge in [-0.1, -0.05) is 44.2 Å². The molecule has 1 aromatic carbocycles. The Balaban J connectivity index is 1.90. The summed E-state index contributed by atoms with van der Waals surface area (Å²) in [6.07, 6.45) is 2.21. The van der Waals surface area contributed by atoms with E-state index in [1.54, 1.807) is 0 Å². The van der Waals surface area contributed by atoms with Crippen LogP contribution in [0.5, 0.6) is 0 Å². The van der Waals surface area contributed by atoms with Gasteiger partial charge in [-0.25, -0.2) is 0 Å². The minimum absolute atomic E-state index is 0.209. The number of rotatable bonds is 2. The molecular weight excluding hydrogens is 222 g/mol. The fraction of sp³-hybridized carbons (Fsp3) is 0.625. The Labute approximate surface area is 110 Å². The number of hydrogen-bond acceptors (Lipinski definition) is 2. The van der Waals surface area contributed by atoms with E-state index in [-0.39, 0.29) is 11.5 Å². The summed E-state index contributed by atoms with van der Waals surface area (Å²) in [6, 6.07) is 10.7. The molecule has 0 amide bonds. The molecule has 0 aliphatic carbocycles. The van der Waals surface area contributed by atoms with Crippen molar-refractivity contribution in [3.8, 4) is 0 Å². The van der Waals surface area contributed by atoms with Gasteiger partial charge >= 0.3 is 0 Å². The van der Waals surface area contributed by atoms with E-state index in [1.807, 2.05) is 18.2 Å². The van der Waals surface area contributed by atoms with E-state index in [1.165, 1.54) is 19.4 Å². The number of aliphatic hydroxyl groups excluding tert-OH is 1. The molecule has 2 heteroatoms. The normalized spacial score (nSPS) is 32.4. The Morgan fingerprint density at radius 2 is 2.00 bits per heavy atom. The summed E-state index contributed by atoms with van der Waals surface area (Å²) in [5.41, 5.74) is 1.28. The molecule has 1 N–H and O–H groups in total. The van der Waals surface area contributed by atoms with Crippen LogP contribution in [0.3, 0.4) is 0 Å². The summed E-state index contributed by atoms with van der Waals surface area (Å²) >= 11 is 0. The molecule has 2 aliphatic rings. The number of fused-ring (bicyclic) bond motifs is 1. The van der Waals surface area contributed by atoms with Crippen molar-refractivity contribution in [2.24, 2.45) is 11.3 Å². The molecule has 1 aromatic rings. The van der Waals surface area contributed by atoms with Crippen molar-refractivity contribution in [1.29, 1.82) is 0 Å². The largest absolute Gasteiger partial charge is 0.388 e. The standard InChI is InChI=1S/C16H23NO/c1-16(2)11-17-10-6-9-13(17)14(16)15(18)12-7-4-3-5-8-12/h3-5,7-8,13-15,18H,6,9-11H2,1-2H3. The molecule has 18 heavy (non-hydrogen) atoms. The van der Waals surface area contributed by atoms with E-state index in [0.717, 1.165) is 12.1 Å². The van der Waals surface area contributed by atoms with E-state index >= 15 is 0 Å². The maximum Gasteiger partial charge on any atom is 0.0838 e. The molecule has 0 saturated carbocycles. The molecule has 2 saturated heterocycles. The van der Waals surface area contributed by atoms with Gasteiger partial charge in [0.2, 0.25) is 0 Å². The lowest BCUT2D eigenvalue weighted by Gasteiger charge is -2.33. The van der Waals surface area contributed by atoms with Crippen molar-refractivity contribution in [3.05, 3.63) is 35.9 Å². The van der Waals surface area contributed by atoms with Gasteiger partial charge in [0.25, 0.3) is 0 Å². The summed E-state index contributed by atoms with van der Waals surface area (Å²) < 4.78 is 0. The van der Waals surface area contributed by atoms with Crippen molar-refractivity contribution in [2.75, 3.05) is 13.1 Å². The Bertz CT molecular complexity index is 414. The number of hydrogen-bond donors (Lipinski definition) is 1. The number of benzene rings is 1. The predicted molar refractivity (Wildman–Crippen MR) is 73.3 cm³/mol. The van der Waals surface area contributed by atoms with Crippen LogP contribution in [-0.2, 0) is 0 Å². The first-order valence-electron chi connectivity index (χ1n) is 7.07. The first-order chi connectivity index (χ1) is 8.59. The van der Waals surface area contributed by atoms with Crippen LogP contribution in [0.4, 0.5) is 0 Å². The fourth-order valence-electron chi connectivity index (χ4n) is 4.10. The fourth-order valence-corrected chi connectivity index (χ4v) is 4.10. The lowest BCUT2D eigenvalue weighted by Crippen LogP contribution is -2.32. The second-order valence-electron chi connectivity index (χ2n) is 6.55. The van der Waals surface area contributed by atoms with E-state index in [9.17, 15) is 5.11 Å². The molecule has 0 aromatic heterocycles. The summed E-state index contributed by atoms with van der Waals surface area (Å²) in [4.78, 5) is 2.58. The predicted octanol–water partition coefficient (Wildman–Crippen LogP) is 2.84. The summed E-state index contributed by atoms with van der Waals surface area (Å²) in [5, 5.41) is 10.8. The molecule has 0 spiro atoms. The Morgan fingerprint density at radius 3 is 2.72 bits per heavy atom. The highest BCUT2D eigenvalue weighted by atomic mass is 16.3. The molecule has 2 aliphatic heterocycles. The molecule has 3 rings (SSSR count). The van der Waals surface area contributed by atoms with E-state index in [2.05, 4.69) is 30.9 Å². The molecule has 3 unspecified atom stereocenters. The van der Waals surface area contributed by atoms with Crippen LogP contribution in [0.15, 0.2) is 30.3 Å². The topological polar surface area (TPSA) is 23.5 Å². The van der Waals surface area contributed by atoms with E-state index < -0.39 is 0 Å². The van der Waals surface area contributed by atoms with Crippen molar-refractivity contribution >= 4 is 0 Å². The molecule has 98 valence electrons. The van der Waals surface area contributed by atoms with Gasteiger partial charge in [-0.3, -0.25) is 4.90 Å². The number of nitrogens with zero attached hydrogens (tertiary/aromatic N) is 1. The third-order valence-electron chi connectivity index (χ3n) is 4.82. The lowest BCUT2D eigenvalue weighted by molar-refractivity contribution is 0.0445. The second-order valence-corrected chi connectivity index (χ2v) is 6.55. The zero-order valence-electron chi connectivity index (χ0n) is 11.3. The minimum atomic E-state index is -0.325. The highest BCUT2D eigenvalue weighted by molar-refractivity contribution is 5.20. The molecule has 2 nitrogen and oxygen atoms in total. The highest BCUT2D eigenvalue weighted by Gasteiger charge is 2.51. The van der Waals surface area contributed by atoms with E-state index in [0.29, 0.717) is 12.0 Å². The maximum atomic E-state index is 10.8. The third-order valence-corrected chi connectivity index (χ3v) is 4.82. The molecular formula is C16H23NO. The first kappa shape index (κ1) is 12.2. The van der Waals surface area contributed by atoms with E-state index in [4.69, 9.17) is 0 Å². The SMILES string of the molecule is CC1(C)CN2CCCC2C1C(O)c1ccccc1. The highest BCUT2D eigenvalue weighted by Crippen LogP contribution is 2.49. The van der Waals surface area contributed by atoms with Crippen LogP contribution in [0.2, 0.25) is 0 Å². The third kappa shape index (κ3) is 1.88. The minimum Gasteiger partial charge on any atom is -0.388 e. The summed E-state index contributed by atoms with van der Waals surface area (Å²) in [7, 11) is 0. The van der Waals surface area contributed by atoms with Crippen molar-refractivity contribution in [2.45, 2.75) is 38.8 Å². The average Bonchev–Trinajstić information content (AvgIpc) is 2.86. The van der Waals surface area contributed by atoms with Gasteiger partial charge in [0.15, 0.2) is 0 Å². The zero-order chi connectivity index (χ0) is 12.8. The van der Waals surface area contributed by atoms with Crippen LogP contribution in [0.1, 0.15) is 38.4 Å². The maximum absolute atomic E-state index is 10.8. The number of aliphatic hydroxyl groups is 1. The van der Waals surface area contributed by atoms with Crippen molar-refractivity contribution in [1.82, 2.24) is 4.90 Å². The second kappa shape index (κ2) is 4.36. The summed E-state index contributed by atoms with van der Waals surface area (Å²) in [5.74, 6) is 0.363. The molecule has 2 fully saturated rings. The van der Waals surface area contributed by atoms with Gasteiger partial charge in [-0.15, -0.1) is 0 Å². The Kier molecular flexibility index (Phi) is 2.95. The van der Waals surface area contributed by atoms with Gasteiger partial charge in [0.1, 0.15) is 0 Å². The quantitative estimate of drug-likeness (QED) is 0.866. The molecule has 2 heterocycles. The molecule has 0 bridgehead atoms. The monoisotopic (exact) mass is 245 g/mol. The first-order valence-corrected chi connectivity index (χ1v) is 7.07. The molecule has 0 radical (unpaired) electrons. The van der Waals surface area contributed by atoms with Crippen LogP contribution < -0.4 is 0 Å². The summed E-state index contributed by atoms with van der Waals surface area (Å²) in [6.45, 7) is 6.96. The average molecular weight is 245 g/mol. The van der Waals surface area contributed by atoms with Crippen LogP contribution in [0.25, 0.3) is 0 Å². The smallest absolute Gasteiger partial charge is 0.0838 e. The Morgan fingerprint density at radius 1 is 1.28 bits per heavy atom. The zero-order valence-corrected chi connectivity index (χ0v) is 11.3. The van der Waals surface area contributed by atoms with Gasteiger partial charge < -0.3 is 5.11 Å². The van der Waals surface area contributed by atoms with Gasteiger partial charge in [0, 0.05) is 18.5 Å². The lowest BCUT2D eigenvalue weighted by atomic mass is 9.73. The van der Waals surface area contributed by atoms with Crippen LogP contribution >= 0.6 is 0 Å².